The van der Waals surface area contributed by atoms with Crippen LogP contribution in [0.15, 0.2) is 24.3 Å². The van der Waals surface area contributed by atoms with Crippen LogP contribution in [0.5, 0.6) is 0 Å². The molecule has 0 bridgehead atoms. The van der Waals surface area contributed by atoms with E-state index in [-0.39, 0.29) is 0 Å². The average molecular weight is 257 g/mol. The summed E-state index contributed by atoms with van der Waals surface area (Å²) in [5.74, 6) is 3.74. The summed E-state index contributed by atoms with van der Waals surface area (Å²) in [5.41, 5.74) is 3.00. The second kappa shape index (κ2) is 5.28. The van der Waals surface area contributed by atoms with Crippen LogP contribution in [0.3, 0.4) is 0 Å². The first kappa shape index (κ1) is 13.2. The molecular formula is C18H27N. The summed E-state index contributed by atoms with van der Waals surface area (Å²) >= 11 is 0. The highest BCUT2D eigenvalue weighted by molar-refractivity contribution is 5.27. The van der Waals surface area contributed by atoms with Gasteiger partial charge in [0.25, 0.3) is 0 Å². The lowest BCUT2D eigenvalue weighted by atomic mass is 9.88. The first-order valence-corrected chi connectivity index (χ1v) is 7.93. The smallest absolute Gasteiger partial charge is 0.0346 e. The molecule has 0 radical (unpaired) electrons. The van der Waals surface area contributed by atoms with Crippen LogP contribution in [-0.2, 0) is 6.42 Å². The molecule has 2 saturated carbocycles. The van der Waals surface area contributed by atoms with Crippen molar-refractivity contribution in [2.75, 3.05) is 7.05 Å². The summed E-state index contributed by atoms with van der Waals surface area (Å²) in [6.07, 6.45) is 5.61. The third-order valence-electron chi connectivity index (χ3n) is 5.02. The minimum atomic E-state index is 0.569. The molecule has 0 heterocycles. The van der Waals surface area contributed by atoms with Gasteiger partial charge in [-0.2, -0.15) is 0 Å². The van der Waals surface area contributed by atoms with Crippen molar-refractivity contribution in [3.63, 3.8) is 0 Å². The van der Waals surface area contributed by atoms with Gasteiger partial charge < -0.3 is 5.32 Å². The van der Waals surface area contributed by atoms with Crippen LogP contribution < -0.4 is 5.32 Å². The molecule has 1 aromatic rings. The van der Waals surface area contributed by atoms with Crippen LogP contribution >= 0.6 is 0 Å². The van der Waals surface area contributed by atoms with Gasteiger partial charge in [0, 0.05) is 6.04 Å². The van der Waals surface area contributed by atoms with Gasteiger partial charge in [-0.05, 0) is 67.5 Å². The van der Waals surface area contributed by atoms with Crippen LogP contribution in [-0.4, -0.2) is 7.05 Å². The first-order valence-electron chi connectivity index (χ1n) is 7.93. The fraction of sp³-hybridized carbons (Fsp3) is 0.667. The maximum absolute atomic E-state index is 3.58. The number of benzene rings is 1. The third-order valence-corrected chi connectivity index (χ3v) is 5.02. The lowest BCUT2D eigenvalue weighted by molar-refractivity contribution is 0.359. The van der Waals surface area contributed by atoms with Crippen LogP contribution in [0, 0.1) is 23.7 Å². The molecule has 0 amide bonds. The zero-order valence-corrected chi connectivity index (χ0v) is 12.5. The van der Waals surface area contributed by atoms with Gasteiger partial charge in [0.2, 0.25) is 0 Å². The minimum absolute atomic E-state index is 0.569. The number of hydrogen-bond donors (Lipinski definition) is 1. The van der Waals surface area contributed by atoms with Crippen molar-refractivity contribution in [3.8, 4) is 0 Å². The molecule has 3 atom stereocenters. The number of rotatable bonds is 5. The van der Waals surface area contributed by atoms with Gasteiger partial charge in [-0.15, -0.1) is 0 Å². The standard InChI is InChI=1S/C18H27N/c1-12(2)7-13-5-4-6-14(8-13)18(19-3)17-10-15-9-16(15)11-17/h4-6,8,12,15-19H,7,9-11H2,1-3H3. The molecule has 0 spiro atoms. The monoisotopic (exact) mass is 257 g/mol. The highest BCUT2D eigenvalue weighted by Gasteiger charge is 2.47. The Bertz CT molecular complexity index is 427. The Labute approximate surface area is 117 Å². The van der Waals surface area contributed by atoms with E-state index in [2.05, 4.69) is 50.5 Å². The van der Waals surface area contributed by atoms with Crippen molar-refractivity contribution in [3.05, 3.63) is 35.4 Å². The highest BCUT2D eigenvalue weighted by atomic mass is 14.9. The largest absolute Gasteiger partial charge is 0.313 e. The molecule has 3 rings (SSSR count). The van der Waals surface area contributed by atoms with E-state index in [0.717, 1.165) is 23.7 Å². The van der Waals surface area contributed by atoms with Crippen molar-refractivity contribution < 1.29 is 0 Å². The van der Waals surface area contributed by atoms with E-state index in [1.165, 1.54) is 36.8 Å². The summed E-state index contributed by atoms with van der Waals surface area (Å²) in [6, 6.07) is 9.84. The van der Waals surface area contributed by atoms with E-state index in [1.54, 1.807) is 0 Å². The zero-order chi connectivity index (χ0) is 13.4. The number of hydrogen-bond acceptors (Lipinski definition) is 1. The molecule has 2 fully saturated rings. The Kier molecular flexibility index (Phi) is 3.66. The molecule has 3 unspecified atom stereocenters. The molecule has 0 saturated heterocycles. The fourth-order valence-electron chi connectivity index (χ4n) is 4.09. The SMILES string of the molecule is CNC(c1cccc(CC(C)C)c1)C1CC2CC2C1. The Morgan fingerprint density at radius 3 is 2.53 bits per heavy atom. The Hall–Kier alpha value is -0.820. The molecule has 1 nitrogen and oxygen atoms in total. The maximum atomic E-state index is 3.58. The van der Waals surface area contributed by atoms with Crippen LogP contribution in [0.25, 0.3) is 0 Å². The Morgan fingerprint density at radius 2 is 1.89 bits per heavy atom. The van der Waals surface area contributed by atoms with Crippen molar-refractivity contribution >= 4 is 0 Å². The van der Waals surface area contributed by atoms with E-state index < -0.39 is 0 Å². The van der Waals surface area contributed by atoms with E-state index >= 15 is 0 Å². The number of nitrogens with one attached hydrogen (secondary N) is 1. The van der Waals surface area contributed by atoms with E-state index in [0.29, 0.717) is 6.04 Å². The summed E-state index contributed by atoms with van der Waals surface area (Å²) in [4.78, 5) is 0. The Balaban J connectivity index is 1.74. The Morgan fingerprint density at radius 1 is 1.16 bits per heavy atom. The molecule has 2 aliphatic rings. The fourth-order valence-corrected chi connectivity index (χ4v) is 4.09. The predicted octanol–water partition coefficient (Wildman–Crippen LogP) is 4.19. The minimum Gasteiger partial charge on any atom is -0.313 e. The summed E-state index contributed by atoms with van der Waals surface area (Å²) < 4.78 is 0. The summed E-state index contributed by atoms with van der Waals surface area (Å²) in [7, 11) is 2.13. The highest BCUT2D eigenvalue weighted by Crippen LogP contribution is 2.57. The second-order valence-corrected chi connectivity index (χ2v) is 7.10. The van der Waals surface area contributed by atoms with Crippen LogP contribution in [0.2, 0.25) is 0 Å². The van der Waals surface area contributed by atoms with Crippen molar-refractivity contribution in [1.29, 1.82) is 0 Å². The van der Waals surface area contributed by atoms with Gasteiger partial charge in [0.15, 0.2) is 0 Å². The molecule has 1 N–H and O–H groups in total. The second-order valence-electron chi connectivity index (χ2n) is 7.10. The summed E-state index contributed by atoms with van der Waals surface area (Å²) in [6.45, 7) is 4.60. The van der Waals surface area contributed by atoms with Crippen LogP contribution in [0.1, 0.15) is 50.3 Å². The molecule has 2 aliphatic carbocycles. The van der Waals surface area contributed by atoms with Gasteiger partial charge >= 0.3 is 0 Å². The molecule has 104 valence electrons. The van der Waals surface area contributed by atoms with E-state index in [9.17, 15) is 0 Å². The molecule has 1 aromatic carbocycles. The van der Waals surface area contributed by atoms with Crippen molar-refractivity contribution in [1.82, 2.24) is 5.32 Å². The maximum Gasteiger partial charge on any atom is 0.0346 e. The van der Waals surface area contributed by atoms with Gasteiger partial charge in [0.05, 0.1) is 0 Å². The summed E-state index contributed by atoms with van der Waals surface area (Å²) in [5, 5.41) is 3.58. The van der Waals surface area contributed by atoms with Gasteiger partial charge in [-0.25, -0.2) is 0 Å². The molecule has 1 heteroatoms. The molecular weight excluding hydrogens is 230 g/mol. The van der Waals surface area contributed by atoms with Crippen molar-refractivity contribution in [2.45, 2.75) is 45.6 Å². The van der Waals surface area contributed by atoms with Gasteiger partial charge in [-0.3, -0.25) is 0 Å². The topological polar surface area (TPSA) is 12.0 Å². The third kappa shape index (κ3) is 2.86. The predicted molar refractivity (Wildman–Crippen MR) is 81.1 cm³/mol. The van der Waals surface area contributed by atoms with E-state index in [4.69, 9.17) is 0 Å². The van der Waals surface area contributed by atoms with Crippen molar-refractivity contribution in [2.24, 2.45) is 23.7 Å². The zero-order valence-electron chi connectivity index (χ0n) is 12.5. The lowest BCUT2D eigenvalue weighted by Crippen LogP contribution is -2.24. The van der Waals surface area contributed by atoms with Crippen LogP contribution in [0.4, 0.5) is 0 Å². The first-order chi connectivity index (χ1) is 9.17. The average Bonchev–Trinajstić information content (AvgIpc) is 2.97. The quantitative estimate of drug-likeness (QED) is 0.834. The van der Waals surface area contributed by atoms with Gasteiger partial charge in [0.1, 0.15) is 0 Å². The number of fused-ring (bicyclic) bond motifs is 1. The van der Waals surface area contributed by atoms with E-state index in [1.807, 2.05) is 0 Å². The molecule has 19 heavy (non-hydrogen) atoms. The molecule has 0 aromatic heterocycles. The molecule has 0 aliphatic heterocycles. The van der Waals surface area contributed by atoms with Gasteiger partial charge in [-0.1, -0.05) is 38.1 Å². The normalized spacial score (nSPS) is 30.4. The lowest BCUT2D eigenvalue weighted by Gasteiger charge is -2.25.